The van der Waals surface area contributed by atoms with Gasteiger partial charge in [-0.25, -0.2) is 9.97 Å². The van der Waals surface area contributed by atoms with Crippen molar-refractivity contribution < 1.29 is 9.72 Å². The number of aryl methyl sites for hydroxylation is 1. The number of amides is 1. The van der Waals surface area contributed by atoms with E-state index in [1.165, 1.54) is 12.3 Å². The van der Waals surface area contributed by atoms with Crippen molar-refractivity contribution in [3.05, 3.63) is 76.4 Å². The number of anilines is 3. The number of hydrogen-bond donors (Lipinski definition) is 3. The fourth-order valence-electron chi connectivity index (χ4n) is 2.27. The normalized spacial score (nSPS) is 10.1. The van der Waals surface area contributed by atoms with E-state index >= 15 is 0 Å². The Bertz CT molecular complexity index is 979. The maximum Gasteiger partial charge on any atom is 0.355 e. The fourth-order valence-corrected chi connectivity index (χ4v) is 2.27. The smallest absolute Gasteiger partial charge is 0.334 e. The van der Waals surface area contributed by atoms with E-state index in [1.54, 1.807) is 18.2 Å². The lowest BCUT2D eigenvalue weighted by molar-refractivity contribution is -0.383. The molecule has 3 rings (SSSR count). The van der Waals surface area contributed by atoms with Gasteiger partial charge in [-0.3, -0.25) is 30.7 Å². The quantitative estimate of drug-likeness (QED) is 0.448. The predicted octanol–water partition coefficient (Wildman–Crippen LogP) is 2.59. The summed E-state index contributed by atoms with van der Waals surface area (Å²) in [5.41, 5.74) is 6.17. The van der Waals surface area contributed by atoms with Crippen LogP contribution < -0.4 is 16.2 Å². The largest absolute Gasteiger partial charge is 0.355 e. The number of hydrogen-bond acceptors (Lipinski definition) is 8. The molecule has 27 heavy (non-hydrogen) atoms. The summed E-state index contributed by atoms with van der Waals surface area (Å²) < 4.78 is 0. The third-order valence-electron chi connectivity index (χ3n) is 3.48. The summed E-state index contributed by atoms with van der Waals surface area (Å²) in [5.74, 6) is -0.721. The van der Waals surface area contributed by atoms with Gasteiger partial charge in [-0.2, -0.15) is 0 Å². The second kappa shape index (κ2) is 7.87. The molecule has 3 N–H and O–H groups in total. The average molecular weight is 365 g/mol. The molecule has 0 spiro atoms. The van der Waals surface area contributed by atoms with Gasteiger partial charge >= 0.3 is 5.69 Å². The molecule has 1 amide bonds. The molecule has 0 fully saturated rings. The van der Waals surface area contributed by atoms with Crippen molar-refractivity contribution in [3.63, 3.8) is 0 Å². The molecular formula is C17H15N7O3. The highest BCUT2D eigenvalue weighted by Gasteiger charge is 2.23. The Morgan fingerprint density at radius 2 is 1.89 bits per heavy atom. The van der Waals surface area contributed by atoms with Crippen molar-refractivity contribution in [2.45, 2.75) is 6.92 Å². The molecule has 0 aliphatic carbocycles. The van der Waals surface area contributed by atoms with E-state index in [0.717, 1.165) is 11.9 Å². The van der Waals surface area contributed by atoms with Crippen molar-refractivity contribution >= 4 is 28.9 Å². The van der Waals surface area contributed by atoms with Gasteiger partial charge in [-0.1, -0.05) is 18.2 Å². The maximum absolute atomic E-state index is 12.0. The van der Waals surface area contributed by atoms with Crippen LogP contribution in [0.15, 0.2) is 55.0 Å². The van der Waals surface area contributed by atoms with Crippen LogP contribution in [0.25, 0.3) is 0 Å². The van der Waals surface area contributed by atoms with Crippen LogP contribution in [0.1, 0.15) is 16.1 Å². The number of nitrogens with one attached hydrogen (secondary N) is 3. The molecule has 10 heteroatoms. The molecular weight excluding hydrogens is 350 g/mol. The number of carbonyl (C=O) groups is 1. The summed E-state index contributed by atoms with van der Waals surface area (Å²) in [5, 5.41) is 14.4. The summed E-state index contributed by atoms with van der Waals surface area (Å²) in [6.07, 6.45) is 2.62. The molecule has 2 heterocycles. The van der Waals surface area contributed by atoms with Gasteiger partial charge in [-0.15, -0.1) is 0 Å². The molecule has 0 saturated carbocycles. The molecule has 0 aliphatic heterocycles. The van der Waals surface area contributed by atoms with Gasteiger partial charge in [0, 0.05) is 11.9 Å². The van der Waals surface area contributed by atoms with E-state index in [9.17, 15) is 14.9 Å². The molecule has 0 saturated heterocycles. The Labute approximate surface area is 153 Å². The van der Waals surface area contributed by atoms with Gasteiger partial charge in [0.1, 0.15) is 12.0 Å². The zero-order chi connectivity index (χ0) is 19.2. The number of carbonyl (C=O) groups excluding carboxylic acids is 1. The number of hydrazine groups is 1. The molecule has 10 nitrogen and oxygen atoms in total. The van der Waals surface area contributed by atoms with Gasteiger partial charge in [0.2, 0.25) is 11.6 Å². The Morgan fingerprint density at radius 1 is 1.07 bits per heavy atom. The van der Waals surface area contributed by atoms with Crippen molar-refractivity contribution in [2.75, 3.05) is 10.7 Å². The standard InChI is InChI=1S/C17H15N7O3/c1-11-5-4-6-12(9-11)21-15-14(24(26)27)16(20-10-19-15)22-23-17(25)13-7-2-3-8-18-13/h2-10H,1H3,(H,23,25)(H2,19,20,21,22). The highest BCUT2D eigenvalue weighted by Crippen LogP contribution is 2.30. The van der Waals surface area contributed by atoms with Crippen LogP contribution in [0.2, 0.25) is 0 Å². The molecule has 0 bridgehead atoms. The first-order valence-corrected chi connectivity index (χ1v) is 7.85. The zero-order valence-corrected chi connectivity index (χ0v) is 14.2. The number of nitrogens with zero attached hydrogens (tertiary/aromatic N) is 4. The van der Waals surface area contributed by atoms with E-state index in [0.29, 0.717) is 5.69 Å². The van der Waals surface area contributed by atoms with Crippen LogP contribution in [0.3, 0.4) is 0 Å². The zero-order valence-electron chi connectivity index (χ0n) is 14.2. The van der Waals surface area contributed by atoms with Crippen LogP contribution in [0, 0.1) is 17.0 Å². The number of pyridine rings is 1. The summed E-state index contributed by atoms with van der Waals surface area (Å²) >= 11 is 0. The molecule has 0 aliphatic rings. The summed E-state index contributed by atoms with van der Waals surface area (Å²) in [6, 6.07) is 12.1. The predicted molar refractivity (Wildman–Crippen MR) is 98.5 cm³/mol. The second-order valence-electron chi connectivity index (χ2n) is 5.47. The monoisotopic (exact) mass is 365 g/mol. The van der Waals surface area contributed by atoms with Crippen molar-refractivity contribution in [1.29, 1.82) is 0 Å². The molecule has 0 atom stereocenters. The topological polar surface area (TPSA) is 135 Å². The van der Waals surface area contributed by atoms with E-state index < -0.39 is 16.5 Å². The van der Waals surface area contributed by atoms with Crippen LogP contribution in [-0.4, -0.2) is 25.8 Å². The Morgan fingerprint density at radius 3 is 2.59 bits per heavy atom. The summed E-state index contributed by atoms with van der Waals surface area (Å²) in [6.45, 7) is 1.90. The minimum absolute atomic E-state index is 0.00446. The second-order valence-corrected chi connectivity index (χ2v) is 5.47. The first-order chi connectivity index (χ1) is 13.0. The number of benzene rings is 1. The average Bonchev–Trinajstić information content (AvgIpc) is 2.66. The molecule has 0 radical (unpaired) electrons. The van der Waals surface area contributed by atoms with E-state index in [-0.39, 0.29) is 17.3 Å². The Kier molecular flexibility index (Phi) is 5.17. The molecule has 136 valence electrons. The maximum atomic E-state index is 12.0. The number of aromatic nitrogens is 3. The highest BCUT2D eigenvalue weighted by atomic mass is 16.6. The third-order valence-corrected chi connectivity index (χ3v) is 3.48. The SMILES string of the molecule is Cc1cccc(Nc2ncnc(NNC(=O)c3ccccn3)c2[N+](=O)[O-])c1. The molecule has 3 aromatic rings. The van der Waals surface area contributed by atoms with E-state index in [4.69, 9.17) is 0 Å². The Hall–Kier alpha value is -4.08. The first kappa shape index (κ1) is 17.7. The van der Waals surface area contributed by atoms with Gasteiger partial charge in [0.25, 0.3) is 5.91 Å². The van der Waals surface area contributed by atoms with Crippen molar-refractivity contribution in [2.24, 2.45) is 0 Å². The van der Waals surface area contributed by atoms with Gasteiger partial charge < -0.3 is 5.32 Å². The lowest BCUT2D eigenvalue weighted by atomic mass is 10.2. The van der Waals surface area contributed by atoms with Gasteiger partial charge in [0.15, 0.2) is 0 Å². The fraction of sp³-hybridized carbons (Fsp3) is 0.0588. The molecule has 0 unspecified atom stereocenters. The third kappa shape index (κ3) is 4.31. The number of nitro groups is 1. The minimum atomic E-state index is -0.632. The van der Waals surface area contributed by atoms with Crippen LogP contribution >= 0.6 is 0 Å². The first-order valence-electron chi connectivity index (χ1n) is 7.85. The van der Waals surface area contributed by atoms with Gasteiger partial charge in [-0.05, 0) is 36.8 Å². The minimum Gasteiger partial charge on any atom is -0.334 e. The number of rotatable bonds is 6. The molecule has 1 aromatic carbocycles. The molecule has 2 aromatic heterocycles. The lowest BCUT2D eigenvalue weighted by Gasteiger charge is -2.11. The van der Waals surface area contributed by atoms with Crippen LogP contribution in [0.4, 0.5) is 23.0 Å². The van der Waals surface area contributed by atoms with E-state index in [2.05, 4.69) is 31.1 Å². The van der Waals surface area contributed by atoms with Crippen molar-refractivity contribution in [3.8, 4) is 0 Å². The summed E-state index contributed by atoms with van der Waals surface area (Å²) in [4.78, 5) is 34.6. The summed E-state index contributed by atoms with van der Waals surface area (Å²) in [7, 11) is 0. The highest BCUT2D eigenvalue weighted by molar-refractivity contribution is 5.93. The van der Waals surface area contributed by atoms with Crippen LogP contribution in [-0.2, 0) is 0 Å². The van der Waals surface area contributed by atoms with Crippen molar-refractivity contribution in [1.82, 2.24) is 20.4 Å². The van der Waals surface area contributed by atoms with Crippen LogP contribution in [0.5, 0.6) is 0 Å². The lowest BCUT2D eigenvalue weighted by Crippen LogP contribution is -2.31. The van der Waals surface area contributed by atoms with E-state index in [1.807, 2.05) is 25.1 Å². The Balaban J connectivity index is 1.83. The van der Waals surface area contributed by atoms with Gasteiger partial charge in [0.05, 0.1) is 4.92 Å².